The van der Waals surface area contributed by atoms with Crippen LogP contribution >= 0.6 is 8.25 Å². The van der Waals surface area contributed by atoms with E-state index in [0.717, 1.165) is 48.3 Å². The molecule has 0 saturated heterocycles. The summed E-state index contributed by atoms with van der Waals surface area (Å²) in [6.45, 7) is 12.6. The number of aliphatic hydroxyl groups excluding tert-OH is 1. The van der Waals surface area contributed by atoms with E-state index in [4.69, 9.17) is 8.25 Å². The number of fused-ring (bicyclic) bond motifs is 5. The average Bonchev–Trinajstić information content (AvgIpc) is 3.05. The number of halogens is 1. The zero-order valence-corrected chi connectivity index (χ0v) is 26.6. The molecule has 3 heteroatoms. The molecule has 0 amide bonds. The second-order valence-corrected chi connectivity index (χ2v) is 19.3. The van der Waals surface area contributed by atoms with Gasteiger partial charge in [0, 0.05) is 0 Å². The van der Waals surface area contributed by atoms with Crippen molar-refractivity contribution in [2.75, 3.05) is 0 Å². The molecule has 4 aliphatic rings. The number of rotatable bonds is 6. The van der Waals surface area contributed by atoms with Crippen LogP contribution in [-0.2, 0) is 23.3 Å². The molecule has 1 N–H and O–H groups in total. The van der Waals surface area contributed by atoms with Crippen LogP contribution in [0.4, 0.5) is 0 Å². The Kier molecular flexibility index (Phi) is 7.45. The topological polar surface area (TPSA) is 20.2 Å². The molecule has 168 valence electrons. The van der Waals surface area contributed by atoms with Gasteiger partial charge in [0.1, 0.15) is 0 Å². The van der Waals surface area contributed by atoms with Crippen molar-refractivity contribution in [2.24, 2.45) is 46.3 Å². The number of aliphatic hydroxyl groups is 1. The first kappa shape index (κ1) is 24.1. The summed E-state index contributed by atoms with van der Waals surface area (Å²) in [6, 6.07) is 0. The van der Waals surface area contributed by atoms with Crippen LogP contribution < -0.4 is 0 Å². The Balaban J connectivity index is 1.55. The fraction of sp³-hybridized carbons (Fsp3) is 0.926. The fourth-order valence-corrected chi connectivity index (χ4v) is 15.9. The monoisotopic (exact) mass is 622 g/mol. The van der Waals surface area contributed by atoms with E-state index in [0.29, 0.717) is 10.8 Å². The molecule has 0 aromatic heterocycles. The van der Waals surface area contributed by atoms with Crippen LogP contribution in [0.15, 0.2) is 8.65 Å². The van der Waals surface area contributed by atoms with Gasteiger partial charge in [0.2, 0.25) is 0 Å². The van der Waals surface area contributed by atoms with E-state index in [1.807, 2.05) is 0 Å². The SMILES string of the molecule is CC(C)CCCC(C)C1CCC2C3C[C]([Hg][Cl])=C4CC(O)CCC4(C)C3CCC12C. The molecule has 1 nitrogen and oxygen atoms in total. The maximum atomic E-state index is 10.4. The van der Waals surface area contributed by atoms with Crippen molar-refractivity contribution in [3.05, 3.63) is 8.65 Å². The summed E-state index contributed by atoms with van der Waals surface area (Å²) >= 11 is -1.46. The van der Waals surface area contributed by atoms with Crippen molar-refractivity contribution < 1.29 is 28.4 Å². The second kappa shape index (κ2) is 9.29. The zero-order chi connectivity index (χ0) is 21.7. The second-order valence-electron chi connectivity index (χ2n) is 12.6. The van der Waals surface area contributed by atoms with Crippen molar-refractivity contribution >= 4 is 8.25 Å². The average molecular weight is 622 g/mol. The van der Waals surface area contributed by atoms with Gasteiger partial charge in [-0.25, -0.2) is 0 Å². The van der Waals surface area contributed by atoms with Crippen LogP contribution in [0, 0.1) is 46.3 Å². The molecule has 3 fully saturated rings. The van der Waals surface area contributed by atoms with E-state index in [1.54, 1.807) is 8.65 Å². The van der Waals surface area contributed by atoms with E-state index in [9.17, 15) is 5.11 Å². The van der Waals surface area contributed by atoms with Gasteiger partial charge < -0.3 is 0 Å². The summed E-state index contributed by atoms with van der Waals surface area (Å²) in [5.41, 5.74) is 2.59. The molecule has 4 rings (SSSR count). The maximum absolute atomic E-state index is 10.4. The normalized spacial score (nSPS) is 44.3. The molecule has 0 heterocycles. The van der Waals surface area contributed by atoms with Crippen molar-refractivity contribution in [1.82, 2.24) is 0 Å². The minimum absolute atomic E-state index is 0.104. The van der Waals surface area contributed by atoms with Crippen molar-refractivity contribution in [1.29, 1.82) is 0 Å². The third-order valence-electron chi connectivity index (χ3n) is 10.7. The first-order chi connectivity index (χ1) is 14.2. The van der Waals surface area contributed by atoms with Gasteiger partial charge in [0.15, 0.2) is 0 Å². The van der Waals surface area contributed by atoms with Gasteiger partial charge in [-0.1, -0.05) is 0 Å². The van der Waals surface area contributed by atoms with Crippen LogP contribution in [0.1, 0.15) is 105 Å². The zero-order valence-electron chi connectivity index (χ0n) is 20.4. The molecular weight excluding hydrogens is 576 g/mol. The Morgan fingerprint density at radius 1 is 1.00 bits per heavy atom. The predicted octanol–water partition coefficient (Wildman–Crippen LogP) is 7.95. The molecular formula is C27H45ClHgO. The molecule has 3 saturated carbocycles. The predicted molar refractivity (Wildman–Crippen MR) is 124 cm³/mol. The van der Waals surface area contributed by atoms with E-state index in [1.165, 1.54) is 57.8 Å². The number of allylic oxidation sites excluding steroid dienone is 1. The molecule has 30 heavy (non-hydrogen) atoms. The molecule has 0 aromatic rings. The minimum atomic E-state index is -1.46. The van der Waals surface area contributed by atoms with Gasteiger partial charge in [-0.05, 0) is 0 Å². The molecule has 0 aliphatic heterocycles. The third-order valence-corrected chi connectivity index (χ3v) is 17.5. The Morgan fingerprint density at radius 3 is 2.47 bits per heavy atom. The van der Waals surface area contributed by atoms with E-state index < -0.39 is 23.3 Å². The van der Waals surface area contributed by atoms with Crippen LogP contribution in [0.5, 0.6) is 0 Å². The quantitative estimate of drug-likeness (QED) is 0.299. The summed E-state index contributed by atoms with van der Waals surface area (Å²) < 4.78 is 1.73. The fourth-order valence-electron chi connectivity index (χ4n) is 9.08. The number of hydrogen-bond acceptors (Lipinski definition) is 1. The van der Waals surface area contributed by atoms with Crippen LogP contribution in [0.3, 0.4) is 0 Å². The van der Waals surface area contributed by atoms with Gasteiger partial charge in [-0.3, -0.25) is 0 Å². The van der Waals surface area contributed by atoms with Crippen LogP contribution in [0.25, 0.3) is 0 Å². The van der Waals surface area contributed by atoms with Crippen molar-refractivity contribution in [2.45, 2.75) is 111 Å². The van der Waals surface area contributed by atoms with Crippen molar-refractivity contribution in [3.63, 3.8) is 0 Å². The van der Waals surface area contributed by atoms with Gasteiger partial charge in [0.25, 0.3) is 0 Å². The third kappa shape index (κ3) is 4.13. The van der Waals surface area contributed by atoms with Crippen LogP contribution in [-0.4, -0.2) is 11.2 Å². The summed E-state index contributed by atoms with van der Waals surface area (Å²) in [4.78, 5) is 0. The molecule has 4 aliphatic carbocycles. The van der Waals surface area contributed by atoms with Gasteiger partial charge >= 0.3 is 203 Å². The first-order valence-corrected chi connectivity index (χ1v) is 22.7. The molecule has 0 aromatic carbocycles. The summed E-state index contributed by atoms with van der Waals surface area (Å²) in [6.07, 6.45) is 14.4. The molecule has 8 unspecified atom stereocenters. The van der Waals surface area contributed by atoms with Crippen molar-refractivity contribution in [3.8, 4) is 0 Å². The molecule has 0 spiro atoms. The molecule has 8 atom stereocenters. The van der Waals surface area contributed by atoms with E-state index in [-0.39, 0.29) is 6.10 Å². The summed E-state index contributed by atoms with van der Waals surface area (Å²) in [5.74, 6) is 5.33. The molecule has 0 radical (unpaired) electrons. The van der Waals surface area contributed by atoms with Gasteiger partial charge in [-0.15, -0.1) is 0 Å². The Morgan fingerprint density at radius 2 is 1.77 bits per heavy atom. The first-order valence-electron chi connectivity index (χ1n) is 13.2. The van der Waals surface area contributed by atoms with E-state index >= 15 is 0 Å². The molecule has 0 bridgehead atoms. The van der Waals surface area contributed by atoms with Gasteiger partial charge in [-0.2, -0.15) is 0 Å². The summed E-state index contributed by atoms with van der Waals surface area (Å²) in [7, 11) is 6.76. The summed E-state index contributed by atoms with van der Waals surface area (Å²) in [5, 5.41) is 10.4. The van der Waals surface area contributed by atoms with Gasteiger partial charge in [0.05, 0.1) is 0 Å². The number of hydrogen-bond donors (Lipinski definition) is 1. The van der Waals surface area contributed by atoms with Crippen LogP contribution in [0.2, 0.25) is 0 Å². The van der Waals surface area contributed by atoms with E-state index in [2.05, 4.69) is 34.6 Å². The Labute approximate surface area is 202 Å². The Hall–Kier alpha value is 0.925. The Bertz CT molecular complexity index is 659. The standard InChI is InChI=1S/C27H45O.ClH.Hg/c1-18(2)7-6-8-19(3)23-11-12-24-22-10-9-20-17-21(28)13-15-26(20,4)25(22)14-16-27(23,24)5;;/h18-19,21-25,28H,6-8,10-17H2,1-5H3;1H;/q;;+1/p-1.